The molecule has 32 heavy (non-hydrogen) atoms. The lowest BCUT2D eigenvalue weighted by molar-refractivity contribution is -0.144. The first-order valence-corrected chi connectivity index (χ1v) is 13.1. The number of hydrogen-bond donors (Lipinski definition) is 1. The maximum Gasteiger partial charge on any atom is 0.305 e. The molecule has 5 nitrogen and oxygen atoms in total. The molecule has 0 aliphatic rings. The summed E-state index contributed by atoms with van der Waals surface area (Å²) in [6.45, 7) is 0.540. The molecule has 0 saturated heterocycles. The molecule has 0 aromatic heterocycles. The van der Waals surface area contributed by atoms with E-state index in [1.54, 1.807) is 0 Å². The highest BCUT2D eigenvalue weighted by Crippen LogP contribution is 2.11. The highest BCUT2D eigenvalue weighted by atomic mass is 16.5. The number of allylic oxidation sites excluding steroid dienone is 2. The summed E-state index contributed by atoms with van der Waals surface area (Å²) in [6.07, 6.45) is 26.0. The molecule has 0 aliphatic carbocycles. The Bertz CT molecular complexity index is 510. The lowest BCUT2D eigenvalue weighted by Crippen LogP contribution is -2.05. The van der Waals surface area contributed by atoms with Gasteiger partial charge in [-0.25, -0.2) is 0 Å². The van der Waals surface area contributed by atoms with Crippen molar-refractivity contribution in [2.45, 2.75) is 135 Å². The first kappa shape index (κ1) is 30.2. The van der Waals surface area contributed by atoms with Crippen LogP contribution in [0, 0.1) is 11.3 Å². The van der Waals surface area contributed by atoms with Gasteiger partial charge < -0.3 is 9.84 Å². The molecule has 1 N–H and O–H groups in total. The summed E-state index contributed by atoms with van der Waals surface area (Å²) in [4.78, 5) is 22.1. The van der Waals surface area contributed by atoms with Gasteiger partial charge in [0.05, 0.1) is 12.7 Å². The zero-order valence-electron chi connectivity index (χ0n) is 20.3. The number of rotatable bonds is 24. The quantitative estimate of drug-likeness (QED) is 0.0919. The van der Waals surface area contributed by atoms with E-state index in [0.29, 0.717) is 19.4 Å². The van der Waals surface area contributed by atoms with Gasteiger partial charge in [0.1, 0.15) is 0 Å². The molecule has 0 rings (SSSR count). The minimum atomic E-state index is -0.733. The van der Waals surface area contributed by atoms with Gasteiger partial charge in [0.15, 0.2) is 0 Å². The highest BCUT2D eigenvalue weighted by molar-refractivity contribution is 5.69. The predicted octanol–water partition coefficient (Wildman–Crippen LogP) is 7.89. The molecule has 0 atom stereocenters. The van der Waals surface area contributed by atoms with Gasteiger partial charge in [-0.15, -0.1) is 0 Å². The van der Waals surface area contributed by atoms with Gasteiger partial charge in [-0.2, -0.15) is 5.26 Å². The van der Waals surface area contributed by atoms with Gasteiger partial charge in [-0.3, -0.25) is 9.59 Å². The van der Waals surface area contributed by atoms with Crippen LogP contribution in [0.25, 0.3) is 0 Å². The van der Waals surface area contributed by atoms with Crippen LogP contribution in [0.5, 0.6) is 0 Å². The average molecular weight is 450 g/mol. The Labute approximate surface area is 196 Å². The maximum absolute atomic E-state index is 11.7. The first-order chi connectivity index (χ1) is 15.7. The Balaban J connectivity index is 3.21. The van der Waals surface area contributed by atoms with Crippen molar-refractivity contribution in [2.24, 2.45) is 0 Å². The number of unbranched alkanes of at least 4 members (excludes halogenated alkanes) is 16. The molecule has 0 aliphatic heterocycles. The SMILES string of the molecule is N#CCCCCCCC/C=C/CCCCCCCCOC(=O)CCCCCCCC(=O)O. The van der Waals surface area contributed by atoms with Crippen LogP contribution in [0.3, 0.4) is 0 Å². The van der Waals surface area contributed by atoms with Gasteiger partial charge in [-0.1, -0.05) is 76.4 Å². The third kappa shape index (κ3) is 26.2. The van der Waals surface area contributed by atoms with E-state index in [9.17, 15) is 9.59 Å². The summed E-state index contributed by atoms with van der Waals surface area (Å²) in [5.74, 6) is -0.829. The smallest absolute Gasteiger partial charge is 0.305 e. The number of nitriles is 1. The van der Waals surface area contributed by atoms with Crippen molar-refractivity contribution >= 4 is 11.9 Å². The summed E-state index contributed by atoms with van der Waals surface area (Å²) in [5, 5.41) is 17.0. The molecule has 0 unspecified atom stereocenters. The Kier molecular flexibility index (Phi) is 24.0. The van der Waals surface area contributed by atoms with Crippen LogP contribution in [-0.2, 0) is 14.3 Å². The standard InChI is InChI=1S/C27H47NO4/c28-24-20-16-11-9-7-5-3-1-2-4-6-8-10-12-17-21-25-32-27(31)23-19-15-13-14-18-22-26(29)30/h1-2H,3-23,25H2,(H,29,30)/b2-1+. The Morgan fingerprint density at radius 2 is 1.12 bits per heavy atom. The second kappa shape index (κ2) is 25.4. The monoisotopic (exact) mass is 449 g/mol. The van der Waals surface area contributed by atoms with Gasteiger partial charge in [0.25, 0.3) is 0 Å². The normalized spacial score (nSPS) is 11.0. The van der Waals surface area contributed by atoms with Gasteiger partial charge in [0, 0.05) is 19.3 Å². The fourth-order valence-corrected chi connectivity index (χ4v) is 3.64. The van der Waals surface area contributed by atoms with Crippen molar-refractivity contribution < 1.29 is 19.4 Å². The third-order valence-corrected chi connectivity index (χ3v) is 5.63. The van der Waals surface area contributed by atoms with E-state index in [0.717, 1.165) is 51.4 Å². The number of ether oxygens (including phenoxy) is 1. The number of carbonyl (C=O) groups excluding carboxylic acids is 1. The molecular weight excluding hydrogens is 402 g/mol. The topological polar surface area (TPSA) is 87.4 Å². The molecule has 0 fully saturated rings. The van der Waals surface area contributed by atoms with E-state index >= 15 is 0 Å². The van der Waals surface area contributed by atoms with Crippen LogP contribution in [-0.4, -0.2) is 23.7 Å². The maximum atomic E-state index is 11.7. The van der Waals surface area contributed by atoms with E-state index in [1.807, 2.05) is 0 Å². The van der Waals surface area contributed by atoms with Crippen molar-refractivity contribution in [3.63, 3.8) is 0 Å². The van der Waals surface area contributed by atoms with E-state index in [-0.39, 0.29) is 12.4 Å². The van der Waals surface area contributed by atoms with E-state index < -0.39 is 5.97 Å². The van der Waals surface area contributed by atoms with Gasteiger partial charge >= 0.3 is 11.9 Å². The number of nitrogens with zero attached hydrogens (tertiary/aromatic N) is 1. The predicted molar refractivity (Wildman–Crippen MR) is 130 cm³/mol. The summed E-state index contributed by atoms with van der Waals surface area (Å²) in [5.41, 5.74) is 0. The number of carboxylic acid groups (broad SMARTS) is 1. The van der Waals surface area contributed by atoms with Crippen molar-refractivity contribution in [3.8, 4) is 6.07 Å². The van der Waals surface area contributed by atoms with Crippen LogP contribution < -0.4 is 0 Å². The molecule has 0 heterocycles. The molecule has 0 spiro atoms. The summed E-state index contributed by atoms with van der Waals surface area (Å²) < 4.78 is 5.29. The minimum absolute atomic E-state index is 0.0960. The van der Waals surface area contributed by atoms with Crippen molar-refractivity contribution in [2.75, 3.05) is 6.61 Å². The summed E-state index contributed by atoms with van der Waals surface area (Å²) in [7, 11) is 0. The molecular formula is C27H47NO4. The first-order valence-electron chi connectivity index (χ1n) is 13.1. The van der Waals surface area contributed by atoms with Gasteiger partial charge in [-0.05, 0) is 51.4 Å². The highest BCUT2D eigenvalue weighted by Gasteiger charge is 2.03. The van der Waals surface area contributed by atoms with E-state index in [4.69, 9.17) is 15.1 Å². The molecule has 0 bridgehead atoms. The molecule has 184 valence electrons. The van der Waals surface area contributed by atoms with E-state index in [2.05, 4.69) is 18.2 Å². The molecule has 0 aromatic carbocycles. The van der Waals surface area contributed by atoms with Crippen LogP contribution in [0.4, 0.5) is 0 Å². The van der Waals surface area contributed by atoms with Gasteiger partial charge in [0.2, 0.25) is 0 Å². The Morgan fingerprint density at radius 3 is 1.69 bits per heavy atom. The second-order valence-corrected chi connectivity index (χ2v) is 8.73. The summed E-state index contributed by atoms with van der Waals surface area (Å²) >= 11 is 0. The molecule has 0 radical (unpaired) electrons. The number of esters is 1. The number of carboxylic acids is 1. The minimum Gasteiger partial charge on any atom is -0.481 e. The third-order valence-electron chi connectivity index (χ3n) is 5.63. The largest absolute Gasteiger partial charge is 0.481 e. The van der Waals surface area contributed by atoms with Crippen LogP contribution in [0.2, 0.25) is 0 Å². The van der Waals surface area contributed by atoms with Crippen LogP contribution in [0.1, 0.15) is 135 Å². The zero-order chi connectivity index (χ0) is 23.5. The zero-order valence-corrected chi connectivity index (χ0v) is 20.3. The van der Waals surface area contributed by atoms with Crippen LogP contribution in [0.15, 0.2) is 12.2 Å². The van der Waals surface area contributed by atoms with Crippen molar-refractivity contribution in [3.05, 3.63) is 12.2 Å². The molecule has 5 heteroatoms. The number of aliphatic carboxylic acids is 1. The fraction of sp³-hybridized carbons (Fsp3) is 0.815. The van der Waals surface area contributed by atoms with Crippen molar-refractivity contribution in [1.29, 1.82) is 5.26 Å². The average Bonchev–Trinajstić information content (AvgIpc) is 2.77. The van der Waals surface area contributed by atoms with E-state index in [1.165, 1.54) is 64.2 Å². The lowest BCUT2D eigenvalue weighted by atomic mass is 10.1. The Hall–Kier alpha value is -1.83. The lowest BCUT2D eigenvalue weighted by Gasteiger charge is -2.05. The molecule has 0 saturated carbocycles. The molecule has 0 aromatic rings. The Morgan fingerprint density at radius 1 is 0.656 bits per heavy atom. The number of carbonyl (C=O) groups is 2. The van der Waals surface area contributed by atoms with Crippen LogP contribution >= 0.6 is 0 Å². The second-order valence-electron chi connectivity index (χ2n) is 8.73. The molecule has 0 amide bonds. The van der Waals surface area contributed by atoms with Crippen molar-refractivity contribution in [1.82, 2.24) is 0 Å². The summed E-state index contributed by atoms with van der Waals surface area (Å²) in [6, 6.07) is 2.20. The number of hydrogen-bond acceptors (Lipinski definition) is 4. The fourth-order valence-electron chi connectivity index (χ4n) is 3.64.